The molecule has 1 atom stereocenters. The maximum atomic E-state index is 6.45. The molecule has 1 unspecified atom stereocenters. The molecule has 30 heavy (non-hydrogen) atoms. The Morgan fingerprint density at radius 3 is 2.30 bits per heavy atom. The van der Waals surface area contributed by atoms with Crippen LogP contribution >= 0.6 is 0 Å². The monoisotopic (exact) mass is 396 g/mol. The summed E-state index contributed by atoms with van der Waals surface area (Å²) in [6.45, 7) is 9.05. The Kier molecular flexibility index (Phi) is 4.54. The highest BCUT2D eigenvalue weighted by atomic mass is 16.3. The van der Waals surface area contributed by atoms with E-state index in [0.29, 0.717) is 11.8 Å². The van der Waals surface area contributed by atoms with Gasteiger partial charge in [0.25, 0.3) is 0 Å². The average molecular weight is 397 g/mol. The first kappa shape index (κ1) is 18.8. The summed E-state index contributed by atoms with van der Waals surface area (Å²) in [4.78, 5) is 2.37. The Balaban J connectivity index is 1.85. The van der Waals surface area contributed by atoms with E-state index >= 15 is 0 Å². The summed E-state index contributed by atoms with van der Waals surface area (Å²) in [7, 11) is 0. The van der Waals surface area contributed by atoms with Gasteiger partial charge in [-0.1, -0.05) is 76.2 Å². The fraction of sp³-hybridized carbons (Fsp3) is 0.259. The molecule has 3 aromatic carbocycles. The highest BCUT2D eigenvalue weighted by Crippen LogP contribution is 2.46. The van der Waals surface area contributed by atoms with Crippen LogP contribution in [0.4, 0.5) is 5.69 Å². The Hall–Kier alpha value is -3.20. The average Bonchev–Trinajstić information content (AvgIpc) is 3.38. The minimum atomic E-state index is 0.0606. The first-order valence-corrected chi connectivity index (χ1v) is 10.8. The quantitative estimate of drug-likeness (QED) is 0.389. The smallest absolute Gasteiger partial charge is 0.140 e. The highest BCUT2D eigenvalue weighted by molar-refractivity contribution is 6.14. The molecular formula is C27H28N2O. The lowest BCUT2D eigenvalue weighted by molar-refractivity contribution is 0.651. The molecule has 0 radical (unpaired) electrons. The Morgan fingerprint density at radius 1 is 0.867 bits per heavy atom. The molecule has 2 heterocycles. The Morgan fingerprint density at radius 2 is 1.57 bits per heavy atom. The number of hydrogen-bond acceptors (Lipinski definition) is 3. The third-order valence-electron chi connectivity index (χ3n) is 6.06. The lowest BCUT2D eigenvalue weighted by atomic mass is 9.90. The molecule has 0 spiro atoms. The van der Waals surface area contributed by atoms with E-state index < -0.39 is 0 Å². The lowest BCUT2D eigenvalue weighted by Gasteiger charge is -2.30. The molecule has 152 valence electrons. The molecule has 1 aliphatic rings. The summed E-state index contributed by atoms with van der Waals surface area (Å²) < 4.78 is 6.45. The number of hydrogen-bond donors (Lipinski definition) is 1. The minimum absolute atomic E-state index is 0.0606. The molecule has 3 heteroatoms. The number of rotatable bonds is 4. The largest absolute Gasteiger partial charge is 0.456 e. The molecule has 4 aromatic rings. The van der Waals surface area contributed by atoms with E-state index in [-0.39, 0.29) is 6.17 Å². The third kappa shape index (κ3) is 2.88. The van der Waals surface area contributed by atoms with Crippen molar-refractivity contribution >= 4 is 27.6 Å². The zero-order valence-corrected chi connectivity index (χ0v) is 18.0. The number of para-hydroxylation sites is 1. The van der Waals surface area contributed by atoms with Crippen LogP contribution in [0.15, 0.2) is 77.5 Å². The second-order valence-corrected chi connectivity index (χ2v) is 8.72. The molecule has 0 amide bonds. The van der Waals surface area contributed by atoms with Gasteiger partial charge in [0.2, 0.25) is 0 Å². The molecule has 0 saturated heterocycles. The van der Waals surface area contributed by atoms with Gasteiger partial charge < -0.3 is 14.6 Å². The predicted octanol–water partition coefficient (Wildman–Crippen LogP) is 7.41. The van der Waals surface area contributed by atoms with Crippen molar-refractivity contribution in [3.8, 4) is 0 Å². The summed E-state index contributed by atoms with van der Waals surface area (Å²) in [6, 6.07) is 21.4. The zero-order chi connectivity index (χ0) is 20.8. The van der Waals surface area contributed by atoms with Gasteiger partial charge in [-0.05, 0) is 40.7 Å². The van der Waals surface area contributed by atoms with Crippen LogP contribution in [-0.4, -0.2) is 0 Å². The van der Waals surface area contributed by atoms with Crippen LogP contribution in [0.1, 0.15) is 62.4 Å². The Labute approximate surface area is 178 Å². The van der Waals surface area contributed by atoms with Crippen molar-refractivity contribution in [2.24, 2.45) is 0 Å². The molecule has 5 rings (SSSR count). The van der Waals surface area contributed by atoms with E-state index in [4.69, 9.17) is 4.42 Å². The fourth-order valence-corrected chi connectivity index (χ4v) is 4.55. The fourth-order valence-electron chi connectivity index (χ4n) is 4.55. The summed E-state index contributed by atoms with van der Waals surface area (Å²) in [5, 5.41) is 5.94. The number of fused-ring (bicyclic) bond motifs is 3. The Bertz CT molecular complexity index is 1230. The molecule has 1 aliphatic heterocycles. The minimum Gasteiger partial charge on any atom is -0.456 e. The second-order valence-electron chi connectivity index (χ2n) is 8.72. The third-order valence-corrected chi connectivity index (χ3v) is 6.06. The van der Waals surface area contributed by atoms with E-state index in [1.807, 2.05) is 12.3 Å². The molecule has 0 aliphatic carbocycles. The highest BCUT2D eigenvalue weighted by Gasteiger charge is 2.30. The molecular weight excluding hydrogens is 368 g/mol. The molecule has 1 N–H and O–H groups in total. The zero-order valence-electron chi connectivity index (χ0n) is 18.0. The van der Waals surface area contributed by atoms with Gasteiger partial charge in [-0.2, -0.15) is 0 Å². The first-order valence-electron chi connectivity index (χ1n) is 10.8. The maximum absolute atomic E-state index is 6.45. The SMILES string of the molecule is CC(C)c1cc(C(C)C)c2oc3ccccc3c2c1N1C=CNC1c1ccccc1. The van der Waals surface area contributed by atoms with Gasteiger partial charge >= 0.3 is 0 Å². The predicted molar refractivity (Wildman–Crippen MR) is 126 cm³/mol. The van der Waals surface area contributed by atoms with Crippen LogP contribution in [0.5, 0.6) is 0 Å². The van der Waals surface area contributed by atoms with Gasteiger partial charge in [0.15, 0.2) is 0 Å². The summed E-state index contributed by atoms with van der Waals surface area (Å²) in [5.74, 6) is 0.776. The van der Waals surface area contributed by atoms with Crippen molar-refractivity contribution < 1.29 is 4.42 Å². The lowest BCUT2D eigenvalue weighted by Crippen LogP contribution is -2.27. The number of benzene rings is 3. The number of nitrogens with zero attached hydrogens (tertiary/aromatic N) is 1. The van der Waals surface area contributed by atoms with Crippen LogP contribution in [0.25, 0.3) is 21.9 Å². The summed E-state index contributed by atoms with van der Waals surface area (Å²) in [6.07, 6.45) is 4.27. The van der Waals surface area contributed by atoms with Crippen molar-refractivity contribution in [3.05, 3.63) is 89.8 Å². The molecule has 0 bridgehead atoms. The van der Waals surface area contributed by atoms with Crippen LogP contribution in [-0.2, 0) is 0 Å². The molecule has 1 aromatic heterocycles. The first-order chi connectivity index (χ1) is 14.6. The standard InChI is InChI=1S/C27H28N2O/c1-17(2)21-16-22(18(3)4)26-24(20-12-8-9-13-23(20)30-26)25(21)29-15-14-28-27(29)19-10-6-5-7-11-19/h5-18,27-28H,1-4H3. The van der Waals surface area contributed by atoms with E-state index in [0.717, 1.165) is 11.2 Å². The topological polar surface area (TPSA) is 28.4 Å². The number of furan rings is 1. The van der Waals surface area contributed by atoms with Gasteiger partial charge in [-0.25, -0.2) is 0 Å². The van der Waals surface area contributed by atoms with Gasteiger partial charge in [0, 0.05) is 17.8 Å². The van der Waals surface area contributed by atoms with Crippen molar-refractivity contribution in [3.63, 3.8) is 0 Å². The van der Waals surface area contributed by atoms with Gasteiger partial charge in [-0.3, -0.25) is 0 Å². The second kappa shape index (κ2) is 7.24. The normalized spacial score (nSPS) is 16.3. The molecule has 3 nitrogen and oxygen atoms in total. The van der Waals surface area contributed by atoms with Crippen molar-refractivity contribution in [1.82, 2.24) is 5.32 Å². The van der Waals surface area contributed by atoms with Gasteiger partial charge in [0.1, 0.15) is 17.3 Å². The van der Waals surface area contributed by atoms with Crippen molar-refractivity contribution in [1.29, 1.82) is 0 Å². The molecule has 0 fully saturated rings. The van der Waals surface area contributed by atoms with E-state index in [2.05, 4.69) is 98.7 Å². The number of anilines is 1. The van der Waals surface area contributed by atoms with Crippen molar-refractivity contribution in [2.45, 2.75) is 45.7 Å². The van der Waals surface area contributed by atoms with Crippen LogP contribution in [0, 0.1) is 0 Å². The van der Waals surface area contributed by atoms with Crippen molar-refractivity contribution in [2.75, 3.05) is 4.90 Å². The van der Waals surface area contributed by atoms with Crippen LogP contribution in [0.3, 0.4) is 0 Å². The van der Waals surface area contributed by atoms with Crippen LogP contribution < -0.4 is 10.2 Å². The van der Waals surface area contributed by atoms with Crippen LogP contribution in [0.2, 0.25) is 0 Å². The van der Waals surface area contributed by atoms with Gasteiger partial charge in [0.05, 0.1) is 11.1 Å². The van der Waals surface area contributed by atoms with E-state index in [1.165, 1.54) is 33.2 Å². The number of nitrogens with one attached hydrogen (secondary N) is 1. The van der Waals surface area contributed by atoms with E-state index in [9.17, 15) is 0 Å². The summed E-state index contributed by atoms with van der Waals surface area (Å²) >= 11 is 0. The summed E-state index contributed by atoms with van der Waals surface area (Å²) in [5.41, 5.74) is 7.07. The molecule has 0 saturated carbocycles. The van der Waals surface area contributed by atoms with Gasteiger partial charge in [-0.15, -0.1) is 0 Å². The maximum Gasteiger partial charge on any atom is 0.140 e. The van der Waals surface area contributed by atoms with E-state index in [1.54, 1.807) is 0 Å².